The minimum absolute atomic E-state index is 0.117. The van der Waals surface area contributed by atoms with Crippen LogP contribution in [0, 0.1) is 6.92 Å². The van der Waals surface area contributed by atoms with Crippen LogP contribution in [0.25, 0.3) is 0 Å². The summed E-state index contributed by atoms with van der Waals surface area (Å²) in [4.78, 5) is 12.0. The number of nitrogens with zero attached hydrogens (tertiary/aromatic N) is 1. The maximum Gasteiger partial charge on any atom is 0.257 e. The summed E-state index contributed by atoms with van der Waals surface area (Å²) < 4.78 is 0. The molecule has 0 fully saturated rings. The van der Waals surface area contributed by atoms with Crippen molar-refractivity contribution in [3.8, 4) is 0 Å². The van der Waals surface area contributed by atoms with Gasteiger partial charge in [0.2, 0.25) is 0 Å². The third-order valence-electron chi connectivity index (χ3n) is 2.59. The van der Waals surface area contributed by atoms with Gasteiger partial charge in [0.05, 0.1) is 0 Å². The Hall–Kier alpha value is -2.10. The summed E-state index contributed by atoms with van der Waals surface area (Å²) >= 11 is 0. The Bertz CT molecular complexity index is 531. The highest BCUT2D eigenvalue weighted by Gasteiger charge is 2.10. The number of aromatic nitrogens is 2. The van der Waals surface area contributed by atoms with E-state index in [1.807, 2.05) is 38.1 Å². The van der Waals surface area contributed by atoms with Gasteiger partial charge >= 0.3 is 0 Å². The predicted molar refractivity (Wildman–Crippen MR) is 67.1 cm³/mol. The van der Waals surface area contributed by atoms with Gasteiger partial charge in [-0.15, -0.1) is 0 Å². The first kappa shape index (κ1) is 11.4. The van der Waals surface area contributed by atoms with Crippen LogP contribution in [0.2, 0.25) is 0 Å². The molecule has 0 aliphatic carbocycles. The number of rotatable bonds is 3. The molecule has 0 aliphatic rings. The van der Waals surface area contributed by atoms with E-state index >= 15 is 0 Å². The van der Waals surface area contributed by atoms with Crippen molar-refractivity contribution in [2.75, 3.05) is 5.32 Å². The van der Waals surface area contributed by atoms with Crippen molar-refractivity contribution < 1.29 is 4.79 Å². The molecule has 88 valence electrons. The number of hydrogen-bond donors (Lipinski definition) is 2. The Labute approximate surface area is 100 Å². The van der Waals surface area contributed by atoms with Gasteiger partial charge in [-0.1, -0.05) is 25.1 Å². The fraction of sp³-hybridized carbons (Fsp3) is 0.231. The first-order valence-electron chi connectivity index (χ1n) is 5.62. The molecule has 4 heteroatoms. The van der Waals surface area contributed by atoms with E-state index < -0.39 is 0 Å². The molecule has 0 unspecified atom stereocenters. The topological polar surface area (TPSA) is 57.8 Å². The zero-order chi connectivity index (χ0) is 12.3. The minimum atomic E-state index is -0.117. The maximum atomic E-state index is 12.0. The van der Waals surface area contributed by atoms with E-state index in [1.54, 1.807) is 6.07 Å². The number of aryl methyl sites for hydroxylation is 2. The van der Waals surface area contributed by atoms with E-state index in [9.17, 15) is 4.79 Å². The van der Waals surface area contributed by atoms with Crippen LogP contribution in [-0.2, 0) is 6.42 Å². The van der Waals surface area contributed by atoms with E-state index in [-0.39, 0.29) is 5.91 Å². The molecule has 2 rings (SSSR count). The number of nitrogens with one attached hydrogen (secondary N) is 2. The van der Waals surface area contributed by atoms with Gasteiger partial charge in [0.1, 0.15) is 0 Å². The molecule has 1 amide bonds. The van der Waals surface area contributed by atoms with Crippen LogP contribution in [0.5, 0.6) is 0 Å². The Morgan fingerprint density at radius 1 is 1.41 bits per heavy atom. The van der Waals surface area contributed by atoms with Gasteiger partial charge in [0.15, 0.2) is 5.82 Å². The second-order valence-electron chi connectivity index (χ2n) is 3.90. The van der Waals surface area contributed by atoms with E-state index in [0.29, 0.717) is 11.4 Å². The zero-order valence-corrected chi connectivity index (χ0v) is 9.95. The summed E-state index contributed by atoms with van der Waals surface area (Å²) in [6, 6.07) is 9.39. The van der Waals surface area contributed by atoms with Gasteiger partial charge in [-0.3, -0.25) is 9.89 Å². The molecule has 0 saturated heterocycles. The van der Waals surface area contributed by atoms with Crippen LogP contribution in [0.15, 0.2) is 30.3 Å². The smallest absolute Gasteiger partial charge is 0.257 e. The Balaban J connectivity index is 2.20. The molecule has 0 aliphatic heterocycles. The van der Waals surface area contributed by atoms with Crippen LogP contribution in [0.4, 0.5) is 5.82 Å². The van der Waals surface area contributed by atoms with Crippen molar-refractivity contribution >= 4 is 11.7 Å². The van der Waals surface area contributed by atoms with Crippen molar-refractivity contribution in [1.29, 1.82) is 0 Å². The third-order valence-corrected chi connectivity index (χ3v) is 2.59. The highest BCUT2D eigenvalue weighted by molar-refractivity contribution is 6.04. The zero-order valence-electron chi connectivity index (χ0n) is 9.95. The lowest BCUT2D eigenvalue weighted by Gasteiger charge is -2.06. The standard InChI is InChI=1S/C13H15N3O/c1-3-10-6-4-5-7-11(10)13(17)14-12-8-9(2)15-16-12/h4-8H,3H2,1-2H3,(H2,14,15,16,17). The number of amides is 1. The van der Waals surface area contributed by atoms with Gasteiger partial charge in [-0.2, -0.15) is 5.10 Å². The number of aromatic amines is 1. The number of H-pyrrole nitrogens is 1. The van der Waals surface area contributed by atoms with Crippen molar-refractivity contribution in [2.45, 2.75) is 20.3 Å². The van der Waals surface area contributed by atoms with E-state index in [1.165, 1.54) is 0 Å². The second-order valence-corrected chi connectivity index (χ2v) is 3.90. The highest BCUT2D eigenvalue weighted by atomic mass is 16.1. The van der Waals surface area contributed by atoms with Crippen molar-refractivity contribution in [1.82, 2.24) is 10.2 Å². The van der Waals surface area contributed by atoms with Crippen LogP contribution in [0.1, 0.15) is 28.5 Å². The normalized spacial score (nSPS) is 10.2. The fourth-order valence-corrected chi connectivity index (χ4v) is 1.72. The maximum absolute atomic E-state index is 12.0. The Morgan fingerprint density at radius 3 is 2.82 bits per heavy atom. The average Bonchev–Trinajstić information content (AvgIpc) is 2.74. The molecular formula is C13H15N3O. The summed E-state index contributed by atoms with van der Waals surface area (Å²) in [5.41, 5.74) is 2.66. The minimum Gasteiger partial charge on any atom is -0.305 e. The molecular weight excluding hydrogens is 214 g/mol. The Kier molecular flexibility index (Phi) is 3.23. The monoisotopic (exact) mass is 229 g/mol. The molecule has 0 bridgehead atoms. The molecule has 0 saturated carbocycles. The molecule has 2 aromatic rings. The SMILES string of the molecule is CCc1ccccc1C(=O)Nc1cc(C)[nH]n1. The number of carbonyl (C=O) groups excluding carboxylic acids is 1. The lowest BCUT2D eigenvalue weighted by Crippen LogP contribution is -2.14. The quantitative estimate of drug-likeness (QED) is 0.849. The van der Waals surface area contributed by atoms with E-state index in [0.717, 1.165) is 17.7 Å². The van der Waals surface area contributed by atoms with E-state index in [4.69, 9.17) is 0 Å². The van der Waals surface area contributed by atoms with Crippen molar-refractivity contribution in [2.24, 2.45) is 0 Å². The molecule has 2 N–H and O–H groups in total. The van der Waals surface area contributed by atoms with Crippen LogP contribution in [-0.4, -0.2) is 16.1 Å². The van der Waals surface area contributed by atoms with Gasteiger partial charge < -0.3 is 5.32 Å². The van der Waals surface area contributed by atoms with Crippen LogP contribution < -0.4 is 5.32 Å². The molecule has 1 aromatic heterocycles. The highest BCUT2D eigenvalue weighted by Crippen LogP contribution is 2.12. The largest absolute Gasteiger partial charge is 0.305 e. The second kappa shape index (κ2) is 4.82. The molecule has 1 aromatic carbocycles. The lowest BCUT2D eigenvalue weighted by atomic mass is 10.0. The van der Waals surface area contributed by atoms with Crippen LogP contribution in [0.3, 0.4) is 0 Å². The summed E-state index contributed by atoms with van der Waals surface area (Å²) in [5, 5.41) is 9.54. The number of anilines is 1. The van der Waals surface area contributed by atoms with Gasteiger partial charge in [-0.25, -0.2) is 0 Å². The molecule has 1 heterocycles. The van der Waals surface area contributed by atoms with Gasteiger partial charge in [-0.05, 0) is 25.0 Å². The number of hydrogen-bond acceptors (Lipinski definition) is 2. The first-order chi connectivity index (χ1) is 8.20. The summed E-state index contributed by atoms with van der Waals surface area (Å²) in [6.45, 7) is 3.92. The van der Waals surface area contributed by atoms with Crippen molar-refractivity contribution in [3.05, 3.63) is 47.2 Å². The third kappa shape index (κ3) is 2.53. The lowest BCUT2D eigenvalue weighted by molar-refractivity contribution is 0.102. The fourth-order valence-electron chi connectivity index (χ4n) is 1.72. The molecule has 0 spiro atoms. The number of carbonyl (C=O) groups is 1. The molecule has 17 heavy (non-hydrogen) atoms. The summed E-state index contributed by atoms with van der Waals surface area (Å²) in [6.07, 6.45) is 0.836. The predicted octanol–water partition coefficient (Wildman–Crippen LogP) is 2.53. The number of benzene rings is 1. The molecule has 0 atom stereocenters. The average molecular weight is 229 g/mol. The summed E-state index contributed by atoms with van der Waals surface area (Å²) in [7, 11) is 0. The van der Waals surface area contributed by atoms with Gasteiger partial charge in [0.25, 0.3) is 5.91 Å². The van der Waals surface area contributed by atoms with E-state index in [2.05, 4.69) is 15.5 Å². The summed E-state index contributed by atoms with van der Waals surface area (Å²) in [5.74, 6) is 0.437. The van der Waals surface area contributed by atoms with Crippen LogP contribution >= 0.6 is 0 Å². The molecule has 4 nitrogen and oxygen atoms in total. The van der Waals surface area contributed by atoms with Crippen molar-refractivity contribution in [3.63, 3.8) is 0 Å². The first-order valence-corrected chi connectivity index (χ1v) is 5.62. The molecule has 0 radical (unpaired) electrons. The van der Waals surface area contributed by atoms with Gasteiger partial charge in [0, 0.05) is 17.3 Å². The Morgan fingerprint density at radius 2 is 2.18 bits per heavy atom.